The van der Waals surface area contributed by atoms with Crippen molar-refractivity contribution in [1.29, 1.82) is 0 Å². The minimum atomic E-state index is 0.200. The van der Waals surface area contributed by atoms with Crippen molar-refractivity contribution in [1.82, 2.24) is 0 Å². The standard InChI is InChI=1S/C17H17BrOS/c1-3-16(19-4-2)17-11-14(12-20-17)9-8-13-6-5-7-15(18)10-13/h5-7,10-12,16H,3-4H2,1-2H3. The minimum Gasteiger partial charge on any atom is -0.373 e. The van der Waals surface area contributed by atoms with Gasteiger partial charge in [0.2, 0.25) is 0 Å². The first kappa shape index (κ1) is 15.3. The molecule has 0 aliphatic rings. The van der Waals surface area contributed by atoms with Crippen molar-refractivity contribution in [3.63, 3.8) is 0 Å². The lowest BCUT2D eigenvalue weighted by atomic mass is 10.2. The molecule has 1 aromatic heterocycles. The zero-order chi connectivity index (χ0) is 14.4. The number of hydrogen-bond acceptors (Lipinski definition) is 2. The molecule has 1 aromatic carbocycles. The molecule has 20 heavy (non-hydrogen) atoms. The third-order valence-corrected chi connectivity index (χ3v) is 4.37. The zero-order valence-electron chi connectivity index (χ0n) is 11.7. The molecule has 0 aliphatic carbocycles. The number of ether oxygens (including phenoxy) is 1. The summed E-state index contributed by atoms with van der Waals surface area (Å²) in [6, 6.07) is 10.2. The molecule has 104 valence electrons. The van der Waals surface area contributed by atoms with Crippen LogP contribution in [0.3, 0.4) is 0 Å². The van der Waals surface area contributed by atoms with Gasteiger partial charge in [-0.3, -0.25) is 0 Å². The molecule has 2 aromatic rings. The fraction of sp³-hybridized carbons (Fsp3) is 0.294. The first-order valence-corrected chi connectivity index (χ1v) is 8.37. The Kier molecular flexibility index (Phi) is 5.85. The first-order valence-electron chi connectivity index (χ1n) is 6.70. The van der Waals surface area contributed by atoms with E-state index in [1.54, 1.807) is 11.3 Å². The Morgan fingerprint density at radius 2 is 2.00 bits per heavy atom. The quantitative estimate of drug-likeness (QED) is 0.672. The van der Waals surface area contributed by atoms with Gasteiger partial charge in [-0.25, -0.2) is 0 Å². The molecule has 0 spiro atoms. The molecule has 3 heteroatoms. The maximum atomic E-state index is 5.73. The van der Waals surface area contributed by atoms with Crippen LogP contribution in [0.2, 0.25) is 0 Å². The summed E-state index contributed by atoms with van der Waals surface area (Å²) >= 11 is 5.18. The highest BCUT2D eigenvalue weighted by atomic mass is 79.9. The van der Waals surface area contributed by atoms with Gasteiger partial charge in [0.05, 0.1) is 6.10 Å². The lowest BCUT2D eigenvalue weighted by Gasteiger charge is -2.12. The van der Waals surface area contributed by atoms with E-state index in [0.29, 0.717) is 0 Å². The van der Waals surface area contributed by atoms with Crippen molar-refractivity contribution >= 4 is 27.3 Å². The monoisotopic (exact) mass is 348 g/mol. The molecule has 1 nitrogen and oxygen atoms in total. The smallest absolute Gasteiger partial charge is 0.0914 e. The molecule has 0 aliphatic heterocycles. The second-order valence-electron chi connectivity index (χ2n) is 4.35. The third-order valence-electron chi connectivity index (χ3n) is 2.85. The van der Waals surface area contributed by atoms with Crippen LogP contribution in [0.25, 0.3) is 0 Å². The van der Waals surface area contributed by atoms with Crippen molar-refractivity contribution in [2.45, 2.75) is 26.4 Å². The van der Waals surface area contributed by atoms with Gasteiger partial charge in [-0.15, -0.1) is 11.3 Å². The Morgan fingerprint density at radius 3 is 2.70 bits per heavy atom. The van der Waals surface area contributed by atoms with Crippen LogP contribution in [0.4, 0.5) is 0 Å². The van der Waals surface area contributed by atoms with Gasteiger partial charge < -0.3 is 4.74 Å². The number of benzene rings is 1. The summed E-state index contributed by atoms with van der Waals surface area (Å²) < 4.78 is 6.78. The summed E-state index contributed by atoms with van der Waals surface area (Å²) in [5.74, 6) is 6.40. The Morgan fingerprint density at radius 1 is 1.20 bits per heavy atom. The second-order valence-corrected chi connectivity index (χ2v) is 6.21. The summed E-state index contributed by atoms with van der Waals surface area (Å²) in [5.41, 5.74) is 2.08. The number of halogens is 1. The Bertz CT molecular complexity index is 621. The summed E-state index contributed by atoms with van der Waals surface area (Å²) in [6.07, 6.45) is 1.19. The molecule has 1 unspecified atom stereocenters. The van der Waals surface area contributed by atoms with Gasteiger partial charge in [0.1, 0.15) is 0 Å². The molecule has 0 saturated heterocycles. The fourth-order valence-electron chi connectivity index (χ4n) is 1.90. The van der Waals surface area contributed by atoms with Gasteiger partial charge >= 0.3 is 0 Å². The van der Waals surface area contributed by atoms with Crippen LogP contribution in [-0.4, -0.2) is 6.61 Å². The summed E-state index contributed by atoms with van der Waals surface area (Å²) in [6.45, 7) is 4.92. The van der Waals surface area contributed by atoms with Crippen LogP contribution >= 0.6 is 27.3 Å². The van der Waals surface area contributed by atoms with E-state index in [2.05, 4.69) is 46.1 Å². The van der Waals surface area contributed by atoms with Gasteiger partial charge in [0.15, 0.2) is 0 Å². The molecule has 1 heterocycles. The highest BCUT2D eigenvalue weighted by Gasteiger charge is 2.10. The van der Waals surface area contributed by atoms with Crippen LogP contribution in [-0.2, 0) is 4.74 Å². The molecule has 2 rings (SSSR count). The van der Waals surface area contributed by atoms with Crippen molar-refractivity contribution in [2.75, 3.05) is 6.61 Å². The lowest BCUT2D eigenvalue weighted by Crippen LogP contribution is -2.00. The number of thiophene rings is 1. The molecule has 0 saturated carbocycles. The topological polar surface area (TPSA) is 9.23 Å². The highest BCUT2D eigenvalue weighted by Crippen LogP contribution is 2.27. The average Bonchev–Trinajstić information content (AvgIpc) is 2.91. The number of hydrogen-bond donors (Lipinski definition) is 0. The van der Waals surface area contributed by atoms with Crippen LogP contribution < -0.4 is 0 Å². The number of rotatable bonds is 4. The second kappa shape index (κ2) is 7.64. The van der Waals surface area contributed by atoms with Crippen LogP contribution in [0.15, 0.2) is 40.2 Å². The van der Waals surface area contributed by atoms with Crippen LogP contribution in [0.5, 0.6) is 0 Å². The maximum Gasteiger partial charge on any atom is 0.0914 e. The predicted molar refractivity (Wildman–Crippen MR) is 89.1 cm³/mol. The third kappa shape index (κ3) is 4.21. The van der Waals surface area contributed by atoms with Crippen LogP contribution in [0, 0.1) is 11.8 Å². The normalized spacial score (nSPS) is 11.8. The van der Waals surface area contributed by atoms with E-state index in [1.165, 1.54) is 4.88 Å². The van der Waals surface area contributed by atoms with E-state index in [1.807, 2.05) is 31.2 Å². The van der Waals surface area contributed by atoms with E-state index >= 15 is 0 Å². The van der Waals surface area contributed by atoms with Crippen LogP contribution in [0.1, 0.15) is 42.4 Å². The van der Waals surface area contributed by atoms with E-state index in [-0.39, 0.29) is 6.10 Å². The van der Waals surface area contributed by atoms with Gasteiger partial charge in [-0.1, -0.05) is 40.8 Å². The molecular formula is C17H17BrOS. The lowest BCUT2D eigenvalue weighted by molar-refractivity contribution is 0.0623. The molecular weight excluding hydrogens is 332 g/mol. The molecule has 0 bridgehead atoms. The molecule has 0 amide bonds. The Labute approximate surface area is 133 Å². The van der Waals surface area contributed by atoms with E-state index in [0.717, 1.165) is 28.6 Å². The zero-order valence-corrected chi connectivity index (χ0v) is 14.1. The molecule has 1 atom stereocenters. The van der Waals surface area contributed by atoms with Crippen molar-refractivity contribution in [3.8, 4) is 11.8 Å². The fourth-order valence-corrected chi connectivity index (χ4v) is 3.27. The van der Waals surface area contributed by atoms with E-state index in [4.69, 9.17) is 4.74 Å². The van der Waals surface area contributed by atoms with Crippen molar-refractivity contribution in [2.24, 2.45) is 0 Å². The largest absolute Gasteiger partial charge is 0.373 e. The maximum absolute atomic E-state index is 5.73. The van der Waals surface area contributed by atoms with E-state index in [9.17, 15) is 0 Å². The predicted octanol–water partition coefficient (Wildman–Crippen LogP) is 5.40. The summed E-state index contributed by atoms with van der Waals surface area (Å²) in [7, 11) is 0. The first-order chi connectivity index (χ1) is 9.72. The van der Waals surface area contributed by atoms with E-state index < -0.39 is 0 Å². The van der Waals surface area contributed by atoms with Gasteiger partial charge in [0, 0.05) is 32.5 Å². The Balaban J connectivity index is 2.14. The highest BCUT2D eigenvalue weighted by molar-refractivity contribution is 9.10. The van der Waals surface area contributed by atoms with Gasteiger partial charge in [-0.2, -0.15) is 0 Å². The molecule has 0 radical (unpaired) electrons. The molecule has 0 fully saturated rings. The summed E-state index contributed by atoms with van der Waals surface area (Å²) in [4.78, 5) is 1.26. The van der Waals surface area contributed by atoms with Crippen molar-refractivity contribution < 1.29 is 4.74 Å². The van der Waals surface area contributed by atoms with Gasteiger partial charge in [-0.05, 0) is 37.6 Å². The Hall–Kier alpha value is -1.08. The van der Waals surface area contributed by atoms with Gasteiger partial charge in [0.25, 0.3) is 0 Å². The SMILES string of the molecule is CCOC(CC)c1cc(C#Cc2cccc(Br)c2)cs1. The summed E-state index contributed by atoms with van der Waals surface area (Å²) in [5, 5.41) is 2.10. The minimum absolute atomic E-state index is 0.200. The molecule has 0 N–H and O–H groups in total. The average molecular weight is 349 g/mol. The van der Waals surface area contributed by atoms with Crippen molar-refractivity contribution in [3.05, 3.63) is 56.2 Å².